The van der Waals surface area contributed by atoms with Crippen LogP contribution in [0.1, 0.15) is 37.7 Å². The molecule has 6 heteroatoms. The largest absolute Gasteiger partial charge is 0.370 e. The van der Waals surface area contributed by atoms with Crippen molar-refractivity contribution in [3.8, 4) is 0 Å². The maximum absolute atomic E-state index is 12.6. The highest BCUT2D eigenvalue weighted by atomic mass is 35.5. The fourth-order valence-corrected chi connectivity index (χ4v) is 4.89. The summed E-state index contributed by atoms with van der Waals surface area (Å²) in [6, 6.07) is 14.5. The Balaban J connectivity index is 1.11. The number of benzene rings is 1. The van der Waals surface area contributed by atoms with E-state index >= 15 is 0 Å². The molecule has 2 aliphatic heterocycles. The number of likely N-dealkylation sites (tertiary alicyclic amines) is 1. The SMILES string of the molecule is O=C(NCCC1CCN(Cc2ccccc2)CC1)C1CCN(c2ccc(Cl)nc2)CC1. The van der Waals surface area contributed by atoms with Gasteiger partial charge in [0.05, 0.1) is 11.9 Å². The molecule has 0 aliphatic carbocycles. The van der Waals surface area contributed by atoms with Crippen LogP contribution in [0.25, 0.3) is 0 Å². The number of nitrogens with one attached hydrogen (secondary N) is 1. The van der Waals surface area contributed by atoms with E-state index in [0.717, 1.165) is 70.1 Å². The van der Waals surface area contributed by atoms with Crippen molar-refractivity contribution < 1.29 is 4.79 Å². The Labute approximate surface area is 190 Å². The first-order valence-electron chi connectivity index (χ1n) is 11.6. The van der Waals surface area contributed by atoms with E-state index in [4.69, 9.17) is 11.6 Å². The van der Waals surface area contributed by atoms with Gasteiger partial charge in [-0.05, 0) is 68.8 Å². The van der Waals surface area contributed by atoms with Crippen molar-refractivity contribution in [3.05, 3.63) is 59.4 Å². The lowest BCUT2D eigenvalue weighted by atomic mass is 9.92. The highest BCUT2D eigenvalue weighted by Crippen LogP contribution is 2.24. The summed E-state index contributed by atoms with van der Waals surface area (Å²) in [4.78, 5) is 21.6. The minimum Gasteiger partial charge on any atom is -0.370 e. The molecule has 1 aromatic heterocycles. The van der Waals surface area contributed by atoms with Crippen molar-refractivity contribution in [2.24, 2.45) is 11.8 Å². The van der Waals surface area contributed by atoms with Crippen LogP contribution in [0.4, 0.5) is 5.69 Å². The van der Waals surface area contributed by atoms with Gasteiger partial charge in [-0.15, -0.1) is 0 Å². The smallest absolute Gasteiger partial charge is 0.223 e. The third kappa shape index (κ3) is 6.44. The summed E-state index contributed by atoms with van der Waals surface area (Å²) in [5, 5.41) is 3.73. The molecule has 3 heterocycles. The lowest BCUT2D eigenvalue weighted by Crippen LogP contribution is -2.41. The van der Waals surface area contributed by atoms with Crippen LogP contribution in [-0.2, 0) is 11.3 Å². The second-order valence-electron chi connectivity index (χ2n) is 8.89. The molecule has 0 radical (unpaired) electrons. The molecular weight excluding hydrogens is 408 g/mol. The molecule has 0 saturated carbocycles. The molecule has 1 amide bonds. The van der Waals surface area contributed by atoms with E-state index in [0.29, 0.717) is 5.15 Å². The van der Waals surface area contributed by atoms with Gasteiger partial charge in [0.1, 0.15) is 5.15 Å². The average Bonchev–Trinajstić information content (AvgIpc) is 2.81. The zero-order valence-electron chi connectivity index (χ0n) is 18.2. The average molecular weight is 441 g/mol. The Hall–Kier alpha value is -2.11. The molecule has 0 bridgehead atoms. The van der Waals surface area contributed by atoms with Crippen LogP contribution >= 0.6 is 11.6 Å². The molecule has 2 saturated heterocycles. The van der Waals surface area contributed by atoms with Crippen LogP contribution in [0.15, 0.2) is 48.7 Å². The number of hydrogen-bond donors (Lipinski definition) is 1. The maximum Gasteiger partial charge on any atom is 0.223 e. The molecule has 1 aromatic carbocycles. The van der Waals surface area contributed by atoms with Gasteiger partial charge in [0.15, 0.2) is 0 Å². The zero-order valence-corrected chi connectivity index (χ0v) is 18.9. The lowest BCUT2D eigenvalue weighted by Gasteiger charge is -2.33. The molecular formula is C25H33ClN4O. The summed E-state index contributed by atoms with van der Waals surface area (Å²) in [6.45, 7) is 5.96. The zero-order chi connectivity index (χ0) is 21.5. The van der Waals surface area contributed by atoms with Gasteiger partial charge in [0.25, 0.3) is 0 Å². The summed E-state index contributed by atoms with van der Waals surface area (Å²) in [7, 11) is 0. The monoisotopic (exact) mass is 440 g/mol. The number of amides is 1. The third-order valence-corrected chi connectivity index (χ3v) is 6.97. The molecule has 0 unspecified atom stereocenters. The van der Waals surface area contributed by atoms with Crippen molar-refractivity contribution in [3.63, 3.8) is 0 Å². The number of pyridine rings is 1. The molecule has 0 spiro atoms. The van der Waals surface area contributed by atoms with E-state index in [1.54, 1.807) is 0 Å². The molecule has 4 rings (SSSR count). The van der Waals surface area contributed by atoms with E-state index < -0.39 is 0 Å². The van der Waals surface area contributed by atoms with E-state index in [9.17, 15) is 4.79 Å². The van der Waals surface area contributed by atoms with Crippen LogP contribution in [0.2, 0.25) is 5.15 Å². The number of rotatable bonds is 7. The van der Waals surface area contributed by atoms with Gasteiger partial charge in [-0.2, -0.15) is 0 Å². The van der Waals surface area contributed by atoms with E-state index in [-0.39, 0.29) is 11.8 Å². The van der Waals surface area contributed by atoms with Gasteiger partial charge >= 0.3 is 0 Å². The van der Waals surface area contributed by atoms with Crippen LogP contribution in [0, 0.1) is 11.8 Å². The number of piperidine rings is 2. The number of aromatic nitrogens is 1. The number of anilines is 1. The molecule has 2 aromatic rings. The lowest BCUT2D eigenvalue weighted by molar-refractivity contribution is -0.125. The normalized spacial score (nSPS) is 18.8. The molecule has 0 atom stereocenters. The van der Waals surface area contributed by atoms with Crippen LogP contribution in [0.3, 0.4) is 0 Å². The molecule has 2 fully saturated rings. The van der Waals surface area contributed by atoms with Crippen LogP contribution < -0.4 is 10.2 Å². The number of hydrogen-bond acceptors (Lipinski definition) is 4. The van der Waals surface area contributed by atoms with E-state index in [1.807, 2.05) is 18.3 Å². The first kappa shape index (κ1) is 22.1. The van der Waals surface area contributed by atoms with Crippen molar-refractivity contribution >= 4 is 23.2 Å². The topological polar surface area (TPSA) is 48.5 Å². The van der Waals surface area contributed by atoms with Crippen molar-refractivity contribution in [2.45, 2.75) is 38.6 Å². The Kier molecular flexibility index (Phi) is 7.81. The Morgan fingerprint density at radius 3 is 2.42 bits per heavy atom. The highest BCUT2D eigenvalue weighted by molar-refractivity contribution is 6.29. The number of carbonyl (C=O) groups excluding carboxylic acids is 1. The molecule has 31 heavy (non-hydrogen) atoms. The standard InChI is InChI=1S/C25H33ClN4O/c26-24-7-6-23(18-28-24)30-16-11-22(12-17-30)25(31)27-13-8-20-9-14-29(15-10-20)19-21-4-2-1-3-5-21/h1-7,18,20,22H,8-17,19H2,(H,27,31). The molecule has 2 aliphatic rings. The van der Waals surface area contributed by atoms with Crippen LogP contribution in [0.5, 0.6) is 0 Å². The minimum atomic E-state index is 0.129. The summed E-state index contributed by atoms with van der Waals surface area (Å²) < 4.78 is 0. The third-order valence-electron chi connectivity index (χ3n) is 6.75. The second kappa shape index (κ2) is 11.0. The number of nitrogens with zero attached hydrogens (tertiary/aromatic N) is 3. The Morgan fingerprint density at radius 1 is 1.00 bits per heavy atom. The molecule has 166 valence electrons. The van der Waals surface area contributed by atoms with Gasteiger partial charge in [0, 0.05) is 32.1 Å². The predicted octanol–water partition coefficient (Wildman–Crippen LogP) is 4.37. The Bertz CT molecular complexity index is 813. The maximum atomic E-state index is 12.6. The summed E-state index contributed by atoms with van der Waals surface area (Å²) in [5.41, 5.74) is 2.48. The highest BCUT2D eigenvalue weighted by Gasteiger charge is 2.25. The first-order valence-corrected chi connectivity index (χ1v) is 12.0. The Morgan fingerprint density at radius 2 is 1.74 bits per heavy atom. The van der Waals surface area contributed by atoms with E-state index in [2.05, 4.69) is 50.4 Å². The van der Waals surface area contributed by atoms with Gasteiger partial charge in [-0.1, -0.05) is 41.9 Å². The fraction of sp³-hybridized carbons (Fsp3) is 0.520. The minimum absolute atomic E-state index is 0.129. The molecule has 1 N–H and O–H groups in total. The van der Waals surface area contributed by atoms with Crippen molar-refractivity contribution in [2.75, 3.05) is 37.6 Å². The van der Waals surface area contributed by atoms with Crippen molar-refractivity contribution in [1.82, 2.24) is 15.2 Å². The van der Waals surface area contributed by atoms with Gasteiger partial charge in [0.2, 0.25) is 5.91 Å². The first-order chi connectivity index (χ1) is 15.2. The van der Waals surface area contributed by atoms with Gasteiger partial charge < -0.3 is 10.2 Å². The quantitative estimate of drug-likeness (QED) is 0.649. The fourth-order valence-electron chi connectivity index (χ4n) is 4.77. The number of carbonyl (C=O) groups is 1. The summed E-state index contributed by atoms with van der Waals surface area (Å²) in [5.74, 6) is 1.09. The summed E-state index contributed by atoms with van der Waals surface area (Å²) in [6.07, 6.45) is 7.17. The predicted molar refractivity (Wildman–Crippen MR) is 126 cm³/mol. The number of halogens is 1. The summed E-state index contributed by atoms with van der Waals surface area (Å²) >= 11 is 5.87. The van der Waals surface area contributed by atoms with Gasteiger partial charge in [-0.25, -0.2) is 4.98 Å². The van der Waals surface area contributed by atoms with Gasteiger partial charge in [-0.3, -0.25) is 9.69 Å². The second-order valence-corrected chi connectivity index (χ2v) is 9.27. The van der Waals surface area contributed by atoms with Crippen LogP contribution in [-0.4, -0.2) is 48.5 Å². The molecule has 5 nitrogen and oxygen atoms in total. The van der Waals surface area contributed by atoms with E-state index in [1.165, 1.54) is 18.4 Å². The van der Waals surface area contributed by atoms with Crippen molar-refractivity contribution in [1.29, 1.82) is 0 Å².